The summed E-state index contributed by atoms with van der Waals surface area (Å²) >= 11 is 3.96. The second-order valence-corrected chi connectivity index (χ2v) is 3.29. The highest BCUT2D eigenvalue weighted by Gasteiger charge is 2.05. The molecule has 0 bridgehead atoms. The Labute approximate surface area is 45.9 Å². The predicted molar refractivity (Wildman–Crippen MR) is 26.8 cm³/mol. The van der Waals surface area contributed by atoms with Gasteiger partial charge in [0.2, 0.25) is 0 Å². The van der Waals surface area contributed by atoms with Crippen molar-refractivity contribution in [3.8, 4) is 0 Å². The molecule has 44 valence electrons. The fraction of sp³-hybridized carbons (Fsp3) is 1.00. The van der Waals surface area contributed by atoms with Gasteiger partial charge in [-0.1, -0.05) is 0 Å². The van der Waals surface area contributed by atoms with Gasteiger partial charge >= 0.3 is 6.72 Å². The maximum Gasteiger partial charge on any atom is 0.350 e. The molecule has 0 radical (unpaired) electrons. The third kappa shape index (κ3) is 6.49. The smallest absolute Gasteiger partial charge is 0.323 e. The monoisotopic (exact) mass is 144 g/mol. The van der Waals surface area contributed by atoms with Crippen molar-refractivity contribution in [2.75, 3.05) is 7.11 Å². The van der Waals surface area contributed by atoms with Crippen molar-refractivity contribution in [2.45, 2.75) is 0 Å². The Morgan fingerprint density at radius 3 is 2.00 bits per heavy atom. The van der Waals surface area contributed by atoms with Gasteiger partial charge in [0.15, 0.2) is 0 Å². The van der Waals surface area contributed by atoms with Crippen LogP contribution in [0.1, 0.15) is 0 Å². The lowest BCUT2D eigenvalue weighted by molar-refractivity contribution is -0.186. The van der Waals surface area contributed by atoms with Gasteiger partial charge in [-0.15, -0.1) is 0 Å². The molecule has 0 atom stereocenters. The maximum atomic E-state index is 8.15. The van der Waals surface area contributed by atoms with E-state index >= 15 is 0 Å². The van der Waals surface area contributed by atoms with Crippen molar-refractivity contribution in [3.05, 3.63) is 0 Å². The molecule has 0 saturated heterocycles. The second-order valence-electron chi connectivity index (χ2n) is 0.732. The Hall–Kier alpha value is 0.490. The summed E-state index contributed by atoms with van der Waals surface area (Å²) in [7, 11) is 1.15. The molecular formula is CH5O4PS. The zero-order valence-corrected chi connectivity index (χ0v) is 5.28. The summed E-state index contributed by atoms with van der Waals surface area (Å²) in [6.07, 6.45) is 0. The molecule has 0 unspecified atom stereocenters. The van der Waals surface area contributed by atoms with E-state index in [9.17, 15) is 0 Å². The van der Waals surface area contributed by atoms with Crippen LogP contribution in [0.3, 0.4) is 0 Å². The number of hydrogen-bond donors (Lipinski definition) is 2. The van der Waals surface area contributed by atoms with Crippen molar-refractivity contribution in [3.63, 3.8) is 0 Å². The molecule has 0 rings (SSSR count). The zero-order chi connectivity index (χ0) is 5.91. The molecule has 0 aromatic carbocycles. The molecule has 4 nitrogen and oxygen atoms in total. The summed E-state index contributed by atoms with van der Waals surface area (Å²) < 4.78 is 3.77. The van der Waals surface area contributed by atoms with Crippen LogP contribution in [-0.2, 0) is 21.4 Å². The van der Waals surface area contributed by atoms with Crippen LogP contribution >= 0.6 is 6.72 Å². The lowest BCUT2D eigenvalue weighted by Gasteiger charge is -2.01. The van der Waals surface area contributed by atoms with E-state index in [1.54, 1.807) is 0 Å². The molecule has 0 aliphatic heterocycles. The van der Waals surface area contributed by atoms with Crippen LogP contribution in [0.5, 0.6) is 0 Å². The van der Waals surface area contributed by atoms with Crippen molar-refractivity contribution >= 4 is 18.5 Å². The van der Waals surface area contributed by atoms with E-state index in [2.05, 4.69) is 21.4 Å². The van der Waals surface area contributed by atoms with Gasteiger partial charge in [0.25, 0.3) is 0 Å². The van der Waals surface area contributed by atoms with Crippen LogP contribution in [0.2, 0.25) is 0 Å². The first-order valence-corrected chi connectivity index (χ1v) is 3.97. The average molecular weight is 144 g/mol. The highest BCUT2D eigenvalue weighted by atomic mass is 32.5. The van der Waals surface area contributed by atoms with E-state index < -0.39 is 6.72 Å². The topological polar surface area (TPSA) is 58.9 Å². The summed E-state index contributed by atoms with van der Waals surface area (Å²) in [4.78, 5) is 20.2. The van der Waals surface area contributed by atoms with Crippen LogP contribution in [0, 0.1) is 0 Å². The van der Waals surface area contributed by atoms with Gasteiger partial charge in [0.1, 0.15) is 0 Å². The molecule has 0 aliphatic rings. The number of rotatable bonds is 2. The minimum absolute atomic E-state index is 1.15. The van der Waals surface area contributed by atoms with Crippen LogP contribution in [0.25, 0.3) is 0 Å². The van der Waals surface area contributed by atoms with Crippen molar-refractivity contribution in [1.82, 2.24) is 0 Å². The summed E-state index contributed by atoms with van der Waals surface area (Å²) in [6, 6.07) is 0. The highest BCUT2D eigenvalue weighted by molar-refractivity contribution is 8.06. The summed E-state index contributed by atoms with van der Waals surface area (Å²) in [5, 5.41) is 0. The van der Waals surface area contributed by atoms with Gasteiger partial charge in [-0.25, -0.2) is 4.89 Å². The largest absolute Gasteiger partial charge is 0.350 e. The first kappa shape index (κ1) is 7.49. The van der Waals surface area contributed by atoms with E-state index in [1.165, 1.54) is 0 Å². The minimum atomic E-state index is -3.55. The molecule has 0 saturated carbocycles. The Balaban J connectivity index is 3.36. The molecule has 0 spiro atoms. The maximum absolute atomic E-state index is 8.15. The fourth-order valence-corrected chi connectivity index (χ4v) is 0.474. The molecule has 0 aliphatic carbocycles. The summed E-state index contributed by atoms with van der Waals surface area (Å²) in [5.74, 6) is 0. The SMILES string of the molecule is COOP(O)(O)=S. The van der Waals surface area contributed by atoms with Crippen LogP contribution in [0.4, 0.5) is 0 Å². The van der Waals surface area contributed by atoms with Gasteiger partial charge in [0.05, 0.1) is 7.11 Å². The first-order valence-electron chi connectivity index (χ1n) is 1.34. The Morgan fingerprint density at radius 2 is 2.00 bits per heavy atom. The van der Waals surface area contributed by atoms with Gasteiger partial charge in [0, 0.05) is 0 Å². The van der Waals surface area contributed by atoms with Crippen LogP contribution < -0.4 is 0 Å². The zero-order valence-electron chi connectivity index (χ0n) is 3.57. The normalized spacial score (nSPS) is 11.9. The molecular weight excluding hydrogens is 139 g/mol. The van der Waals surface area contributed by atoms with E-state index in [0.717, 1.165) is 7.11 Å². The standard InChI is InChI=1S/CH5O4PS/c1-4-5-6(2,3)7/h1H3,(H2,2,3,7). The molecule has 0 aromatic heterocycles. The molecule has 6 heteroatoms. The van der Waals surface area contributed by atoms with Gasteiger partial charge < -0.3 is 9.79 Å². The molecule has 0 heterocycles. The molecule has 0 aromatic rings. The molecule has 2 N–H and O–H groups in total. The first-order chi connectivity index (χ1) is 3.06. The highest BCUT2D eigenvalue weighted by Crippen LogP contribution is 2.35. The van der Waals surface area contributed by atoms with Crippen molar-refractivity contribution in [2.24, 2.45) is 0 Å². The third-order valence-electron chi connectivity index (χ3n) is 0.172. The van der Waals surface area contributed by atoms with Crippen molar-refractivity contribution < 1.29 is 19.3 Å². The van der Waals surface area contributed by atoms with E-state index in [1.807, 2.05) is 0 Å². The summed E-state index contributed by atoms with van der Waals surface area (Å²) in [6.45, 7) is -3.55. The van der Waals surface area contributed by atoms with Gasteiger partial charge in [-0.3, -0.25) is 0 Å². The van der Waals surface area contributed by atoms with Crippen LogP contribution in [0.15, 0.2) is 0 Å². The van der Waals surface area contributed by atoms with E-state index in [0.29, 0.717) is 0 Å². The third-order valence-corrected chi connectivity index (χ3v) is 0.697. The van der Waals surface area contributed by atoms with Gasteiger partial charge in [-0.05, 0) is 11.8 Å². The molecule has 0 fully saturated rings. The van der Waals surface area contributed by atoms with Gasteiger partial charge in [-0.2, -0.15) is 4.67 Å². The molecule has 0 amide bonds. The Bertz CT molecular complexity index is 85.7. The lowest BCUT2D eigenvalue weighted by atomic mass is 11.8. The van der Waals surface area contributed by atoms with E-state index in [4.69, 9.17) is 9.79 Å². The average Bonchev–Trinajstić information content (AvgIpc) is 1.30. The van der Waals surface area contributed by atoms with Crippen molar-refractivity contribution in [1.29, 1.82) is 0 Å². The lowest BCUT2D eigenvalue weighted by Crippen LogP contribution is -1.83. The van der Waals surface area contributed by atoms with E-state index in [-0.39, 0.29) is 0 Å². The van der Waals surface area contributed by atoms with Crippen LogP contribution in [-0.4, -0.2) is 16.9 Å². The quantitative estimate of drug-likeness (QED) is 0.318. The summed E-state index contributed by atoms with van der Waals surface area (Å²) in [5.41, 5.74) is 0. The molecule has 7 heavy (non-hydrogen) atoms. The Kier molecular flexibility index (Phi) is 2.90. The predicted octanol–water partition coefficient (Wildman–Crippen LogP) is -0.227. The number of hydrogen-bond acceptors (Lipinski definition) is 3. The Morgan fingerprint density at radius 1 is 1.57 bits per heavy atom. The second kappa shape index (κ2) is 2.71. The minimum Gasteiger partial charge on any atom is -0.323 e. The fourth-order valence-electron chi connectivity index (χ4n) is 0.0971.